The Morgan fingerprint density at radius 3 is 1.41 bits per heavy atom. The van der Waals surface area contributed by atoms with Gasteiger partial charge in [0.05, 0.1) is 20.3 Å². The van der Waals surface area contributed by atoms with Crippen molar-refractivity contribution in [2.75, 3.05) is 20.3 Å². The molecule has 1 aromatic carbocycles. The van der Waals surface area contributed by atoms with Crippen molar-refractivity contribution >= 4 is 0 Å². The quantitative estimate of drug-likeness (QED) is 0.143. The Hall–Kier alpha value is -6.26. The summed E-state index contributed by atoms with van der Waals surface area (Å²) in [5.41, 5.74) is 0.783. The zero-order valence-corrected chi connectivity index (χ0v) is 26.2. The molecular weight excluding hydrogens is 568 g/mol. The first-order valence-corrected chi connectivity index (χ1v) is 14.8. The highest BCUT2D eigenvalue weighted by molar-refractivity contribution is 5.47. The van der Waals surface area contributed by atoms with Crippen LogP contribution in [0.2, 0.25) is 0 Å². The number of benzene rings is 1. The van der Waals surface area contributed by atoms with Crippen LogP contribution in [0.1, 0.15) is 101 Å². The molecule has 0 aliphatic rings. The van der Waals surface area contributed by atoms with E-state index in [0.717, 1.165) is 37.0 Å². The van der Waals surface area contributed by atoms with Gasteiger partial charge < -0.3 is 19.3 Å². The minimum atomic E-state index is -0.0404. The third-order valence-corrected chi connectivity index (χ3v) is 5.66. The average molecular weight is 647 g/mol. The first kappa shape index (κ1) is 37.8. The van der Waals surface area contributed by atoms with Gasteiger partial charge in [0.1, 0.15) is 24.2 Å². The van der Waals surface area contributed by atoms with Crippen LogP contribution in [0.3, 0.4) is 0 Å². The van der Waals surface area contributed by atoms with Crippen molar-refractivity contribution in [3.63, 3.8) is 0 Å². The van der Waals surface area contributed by atoms with E-state index in [1.54, 1.807) is 7.11 Å². The van der Waals surface area contributed by atoms with Crippen molar-refractivity contribution in [1.29, 1.82) is 0 Å². The highest BCUT2D eigenvalue weighted by atomic mass is 16.5. The highest BCUT2D eigenvalue weighted by Crippen LogP contribution is 2.25. The summed E-state index contributed by atoms with van der Waals surface area (Å²) in [6.07, 6.45) is 19.2. The molecule has 4 nitrogen and oxygen atoms in total. The third kappa shape index (κ3) is 23.3. The second-order valence-corrected chi connectivity index (χ2v) is 8.99. The lowest BCUT2D eigenvalue weighted by Crippen LogP contribution is -2.01. The fourth-order valence-electron chi connectivity index (χ4n) is 3.48. The summed E-state index contributed by atoms with van der Waals surface area (Å²) < 4.78 is 16.4. The standard InChI is InChI=1S/C42H34O4.22H2/c1-3-4-5-6-7-8-9-10-11-12-13-14-15-16-17-18-21-24-27-30-35-45-36-31-28-25-22-19-20-23-26-29-32-37-46-42-38-41(44-2)34-33-40(42)39-43;;;;;;;;;;;;;;;;;;;;;;/h1,33-34,38,43H,19-20,22-23,25-26,28-29,31-32,36-37,39H2,2H3;22*1H. The Morgan fingerprint density at radius 2 is 0.978 bits per heavy atom. The lowest BCUT2D eigenvalue weighted by atomic mass is 10.1. The molecule has 0 aliphatic carbocycles. The molecule has 1 rings (SSSR count). The van der Waals surface area contributed by atoms with Crippen LogP contribution in [0.25, 0.3) is 0 Å². The number of terminal acetylenes is 1. The van der Waals surface area contributed by atoms with E-state index in [4.69, 9.17) is 20.6 Å². The maximum absolute atomic E-state index is 9.45. The van der Waals surface area contributed by atoms with Crippen LogP contribution in [0.15, 0.2) is 18.2 Å². The predicted molar refractivity (Wildman–Crippen MR) is 230 cm³/mol. The summed E-state index contributed by atoms with van der Waals surface area (Å²) in [6, 6.07) is 5.49. The van der Waals surface area contributed by atoms with Crippen molar-refractivity contribution in [2.24, 2.45) is 0 Å². The van der Waals surface area contributed by atoms with Gasteiger partial charge in [-0.15, -0.1) is 6.42 Å². The van der Waals surface area contributed by atoms with Crippen LogP contribution in [-0.2, 0) is 11.3 Å². The molecular formula is C42H78O4. The van der Waals surface area contributed by atoms with Gasteiger partial charge in [0.15, 0.2) is 0 Å². The molecule has 4 heteroatoms. The highest BCUT2D eigenvalue weighted by Gasteiger charge is 2.05. The number of rotatable bonds is 16. The first-order valence-electron chi connectivity index (χ1n) is 14.8. The number of hydrogen-bond acceptors (Lipinski definition) is 4. The Bertz CT molecular complexity index is 1850. The molecule has 0 saturated heterocycles. The zero-order chi connectivity index (χ0) is 33.0. The van der Waals surface area contributed by atoms with Crippen LogP contribution in [0.4, 0.5) is 0 Å². The zero-order valence-electron chi connectivity index (χ0n) is 26.2. The Morgan fingerprint density at radius 1 is 0.565 bits per heavy atom. The SMILES string of the molecule is C#CC#CC#CC#CC#CC#CC#CC#CC#CC#CC#COCCCCCCCCCCCCOc1cc(OC)ccc1CO.[HH].[HH].[HH].[HH].[HH].[HH].[HH].[HH].[HH].[HH].[HH].[HH].[HH].[HH].[HH].[HH].[HH].[HH].[HH].[HH].[HH].[HH]. The number of methoxy groups -OCH3 is 1. The van der Waals surface area contributed by atoms with Gasteiger partial charge in [-0.25, -0.2) is 0 Å². The van der Waals surface area contributed by atoms with Gasteiger partial charge >= 0.3 is 0 Å². The van der Waals surface area contributed by atoms with E-state index in [1.165, 1.54) is 38.5 Å². The minimum absolute atomic E-state index is 0. The molecule has 0 radical (unpaired) electrons. The molecule has 0 unspecified atom stereocenters. The monoisotopic (exact) mass is 647 g/mol. The second kappa shape index (κ2) is 30.2. The summed E-state index contributed by atoms with van der Waals surface area (Å²) >= 11 is 0. The van der Waals surface area contributed by atoms with Crippen LogP contribution in [-0.4, -0.2) is 25.4 Å². The third-order valence-electron chi connectivity index (χ3n) is 5.66. The molecule has 0 bridgehead atoms. The molecule has 0 atom stereocenters. The lowest BCUT2D eigenvalue weighted by Gasteiger charge is -2.11. The first-order chi connectivity index (χ1) is 22.8. The van der Waals surface area contributed by atoms with Gasteiger partial charge in [-0.05, 0) is 72.3 Å². The Labute approximate surface area is 308 Å². The van der Waals surface area contributed by atoms with Gasteiger partial charge in [-0.2, -0.15) is 0 Å². The topological polar surface area (TPSA) is 47.9 Å². The van der Waals surface area contributed by atoms with Crippen molar-refractivity contribution < 1.29 is 50.7 Å². The Balaban J connectivity index is -0.0000000481. The molecule has 0 aliphatic heterocycles. The molecule has 0 amide bonds. The molecule has 0 heterocycles. The minimum Gasteiger partial charge on any atom is -0.497 e. The normalized spacial score (nSPS) is 7.59. The van der Waals surface area contributed by atoms with Gasteiger partial charge in [0.25, 0.3) is 0 Å². The number of ether oxygens (including phenoxy) is 3. The van der Waals surface area contributed by atoms with Crippen LogP contribution >= 0.6 is 0 Å². The Kier molecular flexibility index (Phi) is 24.8. The van der Waals surface area contributed by atoms with E-state index in [1.807, 2.05) is 18.2 Å². The molecule has 1 aromatic rings. The fraction of sp³-hybridized carbons (Fsp3) is 0.333. The van der Waals surface area contributed by atoms with Gasteiger partial charge in [-0.1, -0.05) is 51.4 Å². The van der Waals surface area contributed by atoms with E-state index in [9.17, 15) is 5.11 Å². The molecule has 0 spiro atoms. The van der Waals surface area contributed by atoms with Crippen molar-refractivity contribution in [2.45, 2.75) is 70.8 Å². The summed E-state index contributed by atoms with van der Waals surface area (Å²) in [4.78, 5) is 0. The van der Waals surface area contributed by atoms with E-state index in [2.05, 4.69) is 125 Å². The van der Waals surface area contributed by atoms with Crippen molar-refractivity contribution in [1.82, 2.24) is 0 Å². The van der Waals surface area contributed by atoms with Crippen LogP contribution in [0, 0.1) is 131 Å². The van der Waals surface area contributed by atoms with Gasteiger partial charge in [0.2, 0.25) is 0 Å². The van der Waals surface area contributed by atoms with Gasteiger partial charge in [-0.3, -0.25) is 0 Å². The average Bonchev–Trinajstić information content (AvgIpc) is 3.08. The van der Waals surface area contributed by atoms with E-state index in [0.29, 0.717) is 19.0 Å². The summed E-state index contributed by atoms with van der Waals surface area (Å²) in [5, 5.41) is 9.45. The van der Waals surface area contributed by atoms with E-state index in [-0.39, 0.29) is 38.0 Å². The van der Waals surface area contributed by atoms with Crippen molar-refractivity contribution in [3.05, 3.63) is 23.8 Å². The molecule has 1 N–H and O–H groups in total. The largest absolute Gasteiger partial charge is 0.497 e. The van der Waals surface area contributed by atoms with Crippen molar-refractivity contribution in [3.8, 4) is 142 Å². The number of aliphatic hydroxyl groups is 1. The maximum atomic E-state index is 9.45. The van der Waals surface area contributed by atoms with Gasteiger partial charge in [0, 0.05) is 114 Å². The molecule has 0 aromatic heterocycles. The van der Waals surface area contributed by atoms with E-state index < -0.39 is 0 Å². The summed E-state index contributed by atoms with van der Waals surface area (Å²) in [6.45, 7) is 1.21. The number of unbranched alkanes of at least 4 members (excludes halogenated alkanes) is 9. The summed E-state index contributed by atoms with van der Waals surface area (Å²) in [7, 11) is 1.62. The number of aliphatic hydroxyl groups excluding tert-OH is 1. The molecule has 46 heavy (non-hydrogen) atoms. The lowest BCUT2D eigenvalue weighted by molar-refractivity contribution is 0.258. The molecule has 0 fully saturated rings. The van der Waals surface area contributed by atoms with Crippen LogP contribution in [0.5, 0.6) is 11.5 Å². The molecule has 0 saturated carbocycles. The predicted octanol–water partition coefficient (Wildman–Crippen LogP) is 10.5. The van der Waals surface area contributed by atoms with Crippen LogP contribution < -0.4 is 9.47 Å². The fourth-order valence-corrected chi connectivity index (χ4v) is 3.48. The number of hydrogen-bond donors (Lipinski definition) is 1. The molecule has 270 valence electrons. The second-order valence-electron chi connectivity index (χ2n) is 8.99. The van der Waals surface area contributed by atoms with E-state index >= 15 is 0 Å². The smallest absolute Gasteiger partial charge is 0.128 e. The maximum Gasteiger partial charge on any atom is 0.128 e. The summed E-state index contributed by atoms with van der Waals surface area (Å²) in [5.74, 6) is 51.4.